The van der Waals surface area contributed by atoms with Crippen LogP contribution in [0.25, 0.3) is 0 Å². The van der Waals surface area contributed by atoms with E-state index < -0.39 is 0 Å². The number of carbonyl (C=O) groups is 1. The lowest BCUT2D eigenvalue weighted by Gasteiger charge is -2.27. The van der Waals surface area contributed by atoms with Gasteiger partial charge in [0.2, 0.25) is 0 Å². The summed E-state index contributed by atoms with van der Waals surface area (Å²) >= 11 is 0. The number of rotatable bonds is 5. The lowest BCUT2D eigenvalue weighted by atomic mass is 9.77. The second-order valence-corrected chi connectivity index (χ2v) is 5.62. The predicted molar refractivity (Wildman–Crippen MR) is 64.8 cm³/mol. The van der Waals surface area contributed by atoms with Gasteiger partial charge in [0.15, 0.2) is 0 Å². The van der Waals surface area contributed by atoms with Crippen LogP contribution in [0.2, 0.25) is 0 Å². The van der Waals surface area contributed by atoms with Gasteiger partial charge in [-0.2, -0.15) is 0 Å². The first-order valence-corrected chi connectivity index (χ1v) is 6.20. The van der Waals surface area contributed by atoms with Crippen LogP contribution in [0.3, 0.4) is 0 Å². The third-order valence-electron chi connectivity index (χ3n) is 3.44. The average molecular weight is 208 g/mol. The van der Waals surface area contributed by atoms with E-state index in [9.17, 15) is 4.79 Å². The van der Waals surface area contributed by atoms with Crippen LogP contribution in [0, 0.1) is 11.3 Å². The van der Waals surface area contributed by atoms with Crippen molar-refractivity contribution in [2.45, 2.75) is 59.3 Å². The first-order chi connectivity index (χ1) is 7.06. The molecule has 0 amide bonds. The van der Waals surface area contributed by atoms with Crippen molar-refractivity contribution in [3.63, 3.8) is 0 Å². The van der Waals surface area contributed by atoms with Crippen molar-refractivity contribution in [1.82, 2.24) is 0 Å². The molecule has 0 aromatic carbocycles. The number of allylic oxidation sites excluding steroid dienone is 2. The molecule has 1 atom stereocenters. The molecule has 1 aliphatic rings. The van der Waals surface area contributed by atoms with E-state index in [1.807, 2.05) is 0 Å². The Bertz CT molecular complexity index is 240. The van der Waals surface area contributed by atoms with Crippen LogP contribution in [-0.4, -0.2) is 6.29 Å². The van der Waals surface area contributed by atoms with Gasteiger partial charge in [0.05, 0.1) is 0 Å². The Kier molecular flexibility index (Phi) is 4.56. The summed E-state index contributed by atoms with van der Waals surface area (Å²) in [5.74, 6) is 0.814. The highest BCUT2D eigenvalue weighted by Gasteiger charge is 2.25. The third-order valence-corrected chi connectivity index (χ3v) is 3.44. The first kappa shape index (κ1) is 12.5. The van der Waals surface area contributed by atoms with Gasteiger partial charge >= 0.3 is 0 Å². The maximum absolute atomic E-state index is 10.9. The molecule has 86 valence electrons. The van der Waals surface area contributed by atoms with Gasteiger partial charge in [-0.05, 0) is 38.0 Å². The molecule has 1 heteroatoms. The van der Waals surface area contributed by atoms with Crippen molar-refractivity contribution in [2.24, 2.45) is 11.3 Å². The van der Waals surface area contributed by atoms with Gasteiger partial charge in [-0.25, -0.2) is 0 Å². The van der Waals surface area contributed by atoms with Crippen molar-refractivity contribution in [2.75, 3.05) is 0 Å². The molecule has 0 aromatic heterocycles. The maximum Gasteiger partial charge on any atom is 0.126 e. The molecular formula is C14H24O. The highest BCUT2D eigenvalue weighted by molar-refractivity contribution is 5.59. The number of hydrogen-bond donors (Lipinski definition) is 0. The van der Waals surface area contributed by atoms with E-state index in [2.05, 4.69) is 26.8 Å². The van der Waals surface area contributed by atoms with Gasteiger partial charge in [0.25, 0.3) is 0 Å². The molecule has 15 heavy (non-hydrogen) atoms. The molecule has 0 aliphatic heterocycles. The van der Waals surface area contributed by atoms with Crippen LogP contribution in [0.5, 0.6) is 0 Å². The van der Waals surface area contributed by atoms with Gasteiger partial charge in [-0.1, -0.05) is 38.8 Å². The molecule has 0 spiro atoms. The minimum atomic E-state index is -0.0679. The maximum atomic E-state index is 10.9. The second kappa shape index (κ2) is 5.48. The van der Waals surface area contributed by atoms with Gasteiger partial charge < -0.3 is 4.79 Å². The van der Waals surface area contributed by atoms with Gasteiger partial charge in [0, 0.05) is 5.41 Å². The summed E-state index contributed by atoms with van der Waals surface area (Å²) in [6.07, 6.45) is 10.4. The summed E-state index contributed by atoms with van der Waals surface area (Å²) in [7, 11) is 0. The fourth-order valence-electron chi connectivity index (χ4n) is 2.10. The normalized spacial score (nSPS) is 26.5. The molecule has 0 saturated heterocycles. The Balaban J connectivity index is 2.31. The molecule has 0 aromatic rings. The Morgan fingerprint density at radius 1 is 1.53 bits per heavy atom. The largest absolute Gasteiger partial charge is 0.303 e. The lowest BCUT2D eigenvalue weighted by Crippen LogP contribution is -2.20. The van der Waals surface area contributed by atoms with Crippen molar-refractivity contribution >= 4 is 6.29 Å². The highest BCUT2D eigenvalue weighted by atomic mass is 16.1. The summed E-state index contributed by atoms with van der Waals surface area (Å²) in [6.45, 7) is 6.62. The molecule has 1 rings (SSSR count). The molecule has 0 N–H and O–H groups in total. The smallest absolute Gasteiger partial charge is 0.126 e. The Labute approximate surface area is 93.9 Å². The zero-order valence-electron chi connectivity index (χ0n) is 10.4. The van der Waals surface area contributed by atoms with Crippen molar-refractivity contribution in [3.05, 3.63) is 11.6 Å². The van der Waals surface area contributed by atoms with Crippen LogP contribution in [0.1, 0.15) is 59.3 Å². The molecule has 0 radical (unpaired) electrons. The fraction of sp³-hybridized carbons (Fsp3) is 0.786. The number of hydrogen-bond acceptors (Lipinski definition) is 1. The molecule has 0 bridgehead atoms. The number of aldehydes is 1. The molecule has 0 unspecified atom stereocenters. The summed E-state index contributed by atoms with van der Waals surface area (Å²) in [5.41, 5.74) is 1.51. The van der Waals surface area contributed by atoms with E-state index in [4.69, 9.17) is 0 Å². The molecule has 1 aliphatic carbocycles. The fourth-order valence-corrected chi connectivity index (χ4v) is 2.10. The minimum Gasteiger partial charge on any atom is -0.303 e. The average Bonchev–Trinajstić information content (AvgIpc) is 2.21. The van der Waals surface area contributed by atoms with E-state index in [-0.39, 0.29) is 5.41 Å². The van der Waals surface area contributed by atoms with E-state index in [1.165, 1.54) is 19.3 Å². The van der Waals surface area contributed by atoms with Gasteiger partial charge in [-0.15, -0.1) is 0 Å². The monoisotopic (exact) mass is 208 g/mol. The lowest BCUT2D eigenvalue weighted by molar-refractivity contribution is -0.115. The Morgan fingerprint density at radius 3 is 2.73 bits per heavy atom. The van der Waals surface area contributed by atoms with Crippen molar-refractivity contribution in [1.29, 1.82) is 0 Å². The predicted octanol–water partition coefficient (Wildman–Crippen LogP) is 4.13. The topological polar surface area (TPSA) is 17.1 Å². The van der Waals surface area contributed by atoms with Gasteiger partial charge in [-0.3, -0.25) is 0 Å². The summed E-state index contributed by atoms with van der Waals surface area (Å²) in [4.78, 5) is 10.9. The zero-order chi connectivity index (χ0) is 11.3. The van der Waals surface area contributed by atoms with Crippen LogP contribution in [0.4, 0.5) is 0 Å². The zero-order valence-corrected chi connectivity index (χ0v) is 10.4. The van der Waals surface area contributed by atoms with Crippen LogP contribution in [-0.2, 0) is 4.79 Å². The molecule has 0 heterocycles. The third kappa shape index (κ3) is 4.19. The first-order valence-electron chi connectivity index (χ1n) is 6.20. The molecule has 0 saturated carbocycles. The quantitative estimate of drug-likeness (QED) is 0.490. The molecular weight excluding hydrogens is 184 g/mol. The standard InChI is InChI=1S/C14H24O/c1-12(2)5-4-6-13-7-9-14(3,11-15)10-8-13/h7,11-12H,4-6,8-10H2,1-3H3/t14-/m0/s1. The van der Waals surface area contributed by atoms with Crippen molar-refractivity contribution < 1.29 is 4.79 Å². The van der Waals surface area contributed by atoms with E-state index in [1.54, 1.807) is 5.57 Å². The van der Waals surface area contributed by atoms with E-state index in [0.717, 1.165) is 31.5 Å². The Hall–Kier alpha value is -0.590. The van der Waals surface area contributed by atoms with Crippen LogP contribution >= 0.6 is 0 Å². The Morgan fingerprint density at radius 2 is 2.27 bits per heavy atom. The minimum absolute atomic E-state index is 0.0679. The second-order valence-electron chi connectivity index (χ2n) is 5.62. The van der Waals surface area contributed by atoms with Crippen LogP contribution in [0.15, 0.2) is 11.6 Å². The van der Waals surface area contributed by atoms with E-state index >= 15 is 0 Å². The molecule has 1 nitrogen and oxygen atoms in total. The summed E-state index contributed by atoms with van der Waals surface area (Å²) in [6, 6.07) is 0. The summed E-state index contributed by atoms with van der Waals surface area (Å²) < 4.78 is 0. The number of carbonyl (C=O) groups excluding carboxylic acids is 1. The van der Waals surface area contributed by atoms with Crippen molar-refractivity contribution in [3.8, 4) is 0 Å². The highest BCUT2D eigenvalue weighted by Crippen LogP contribution is 2.34. The van der Waals surface area contributed by atoms with Crippen LogP contribution < -0.4 is 0 Å². The van der Waals surface area contributed by atoms with E-state index in [0.29, 0.717) is 0 Å². The SMILES string of the molecule is CC(C)CCCC1=CC[C@](C)(C=O)CC1. The van der Waals surface area contributed by atoms with Gasteiger partial charge in [0.1, 0.15) is 6.29 Å². The summed E-state index contributed by atoms with van der Waals surface area (Å²) in [5, 5.41) is 0. The molecule has 0 fully saturated rings.